The van der Waals surface area contributed by atoms with Crippen molar-refractivity contribution in [3.63, 3.8) is 0 Å². The molecule has 0 amide bonds. The quantitative estimate of drug-likeness (QED) is 0.495. The molecule has 0 spiro atoms. The van der Waals surface area contributed by atoms with Gasteiger partial charge in [-0.1, -0.05) is 5.92 Å². The van der Waals surface area contributed by atoms with Gasteiger partial charge in [0.15, 0.2) is 0 Å². The molecule has 0 saturated carbocycles. The Morgan fingerprint density at radius 3 is 1.91 bits per heavy atom. The topological polar surface area (TPSA) is 35.5 Å². The zero-order valence-corrected chi connectivity index (χ0v) is 12.3. The maximum Gasteiger partial charge on any atom is 0.236 e. The second-order valence-electron chi connectivity index (χ2n) is 4.29. The van der Waals surface area contributed by atoms with E-state index < -0.39 is 0 Å². The van der Waals surface area contributed by atoms with E-state index in [9.17, 15) is 4.79 Å². The summed E-state index contributed by atoms with van der Waals surface area (Å²) >= 11 is 0. The van der Waals surface area contributed by atoms with E-state index in [1.807, 2.05) is 24.3 Å². The van der Waals surface area contributed by atoms with Crippen LogP contribution in [0.2, 0.25) is 0 Å². The van der Waals surface area contributed by atoms with Gasteiger partial charge in [-0.15, -0.1) is 0 Å². The molecule has 0 unspecified atom stereocenters. The standard InChI is InChI=1S/C19H14O3/c1-21-17-11-7-15(8-12-17)5-3-4-6-19(20)16-9-13-18(22-2)14-10-16/h7-14H,1-2H3. The van der Waals surface area contributed by atoms with E-state index >= 15 is 0 Å². The second-order valence-corrected chi connectivity index (χ2v) is 4.29. The Hall–Kier alpha value is -3.17. The van der Waals surface area contributed by atoms with Gasteiger partial charge >= 0.3 is 0 Å². The molecule has 0 aromatic heterocycles. The number of hydrogen-bond acceptors (Lipinski definition) is 3. The highest BCUT2D eigenvalue weighted by Crippen LogP contribution is 2.11. The lowest BCUT2D eigenvalue weighted by Gasteiger charge is -1.98. The summed E-state index contributed by atoms with van der Waals surface area (Å²) in [5.74, 6) is 11.8. The van der Waals surface area contributed by atoms with Crippen LogP contribution >= 0.6 is 0 Å². The van der Waals surface area contributed by atoms with Crippen molar-refractivity contribution in [3.05, 3.63) is 59.7 Å². The number of carbonyl (C=O) groups is 1. The van der Waals surface area contributed by atoms with Crippen molar-refractivity contribution in [2.75, 3.05) is 14.2 Å². The summed E-state index contributed by atoms with van der Waals surface area (Å²) in [6, 6.07) is 14.1. The van der Waals surface area contributed by atoms with Gasteiger partial charge < -0.3 is 9.47 Å². The number of ether oxygens (including phenoxy) is 2. The van der Waals surface area contributed by atoms with E-state index in [0.29, 0.717) is 11.3 Å². The zero-order valence-electron chi connectivity index (χ0n) is 12.3. The predicted octanol–water partition coefficient (Wildman–Crippen LogP) is 2.94. The van der Waals surface area contributed by atoms with Crippen molar-refractivity contribution in [2.45, 2.75) is 0 Å². The highest BCUT2D eigenvalue weighted by atomic mass is 16.5. The van der Waals surface area contributed by atoms with Crippen molar-refractivity contribution < 1.29 is 14.3 Å². The summed E-state index contributed by atoms with van der Waals surface area (Å²) in [6.45, 7) is 0. The van der Waals surface area contributed by atoms with Gasteiger partial charge in [-0.2, -0.15) is 0 Å². The summed E-state index contributed by atoms with van der Waals surface area (Å²) < 4.78 is 10.1. The summed E-state index contributed by atoms with van der Waals surface area (Å²) in [4.78, 5) is 11.8. The van der Waals surface area contributed by atoms with E-state index in [1.54, 1.807) is 38.5 Å². The molecule has 0 atom stereocenters. The van der Waals surface area contributed by atoms with Crippen molar-refractivity contribution in [2.24, 2.45) is 0 Å². The molecular weight excluding hydrogens is 276 g/mol. The van der Waals surface area contributed by atoms with Crippen LogP contribution in [0.5, 0.6) is 11.5 Å². The Morgan fingerprint density at radius 2 is 1.36 bits per heavy atom. The van der Waals surface area contributed by atoms with Crippen molar-refractivity contribution in [3.8, 4) is 35.2 Å². The van der Waals surface area contributed by atoms with Gasteiger partial charge in [0.05, 0.1) is 14.2 Å². The first-order chi connectivity index (χ1) is 10.7. The lowest BCUT2D eigenvalue weighted by atomic mass is 10.1. The molecule has 0 fully saturated rings. The van der Waals surface area contributed by atoms with Gasteiger partial charge in [0.1, 0.15) is 11.5 Å². The van der Waals surface area contributed by atoms with Gasteiger partial charge in [0.25, 0.3) is 0 Å². The first-order valence-electron chi connectivity index (χ1n) is 6.57. The van der Waals surface area contributed by atoms with Crippen LogP contribution in [0.1, 0.15) is 15.9 Å². The van der Waals surface area contributed by atoms with E-state index in [2.05, 4.69) is 23.7 Å². The van der Waals surface area contributed by atoms with Crippen molar-refractivity contribution in [1.82, 2.24) is 0 Å². The number of carbonyl (C=O) groups excluding carboxylic acids is 1. The third kappa shape index (κ3) is 4.16. The van der Waals surface area contributed by atoms with Crippen LogP contribution in [-0.2, 0) is 0 Å². The molecular formula is C19H14O3. The smallest absolute Gasteiger partial charge is 0.236 e. The Bertz CT molecular complexity index is 764. The van der Waals surface area contributed by atoms with Crippen LogP contribution in [0.4, 0.5) is 0 Å². The average molecular weight is 290 g/mol. The van der Waals surface area contributed by atoms with Gasteiger partial charge in [-0.05, 0) is 66.3 Å². The van der Waals surface area contributed by atoms with E-state index in [4.69, 9.17) is 9.47 Å². The largest absolute Gasteiger partial charge is 0.497 e. The van der Waals surface area contributed by atoms with Gasteiger partial charge in [-0.3, -0.25) is 4.79 Å². The number of hydrogen-bond donors (Lipinski definition) is 0. The number of ketones is 1. The molecule has 108 valence electrons. The maximum atomic E-state index is 11.8. The lowest BCUT2D eigenvalue weighted by Crippen LogP contribution is -1.94. The molecule has 3 nitrogen and oxygen atoms in total. The molecule has 22 heavy (non-hydrogen) atoms. The highest BCUT2D eigenvalue weighted by molar-refractivity contribution is 6.09. The molecule has 0 aliphatic rings. The van der Waals surface area contributed by atoms with E-state index in [-0.39, 0.29) is 5.78 Å². The maximum absolute atomic E-state index is 11.8. The fraction of sp³-hybridized carbons (Fsp3) is 0.105. The van der Waals surface area contributed by atoms with Crippen molar-refractivity contribution in [1.29, 1.82) is 0 Å². The van der Waals surface area contributed by atoms with Crippen LogP contribution in [0, 0.1) is 23.7 Å². The Labute approximate surface area is 129 Å². The molecule has 2 rings (SSSR count). The monoisotopic (exact) mass is 290 g/mol. The molecule has 0 saturated heterocycles. The molecule has 0 heterocycles. The number of methoxy groups -OCH3 is 2. The fourth-order valence-electron chi connectivity index (χ4n) is 1.68. The van der Waals surface area contributed by atoms with Crippen LogP contribution in [0.15, 0.2) is 48.5 Å². The molecule has 0 aliphatic heterocycles. The average Bonchev–Trinajstić information content (AvgIpc) is 2.59. The molecule has 0 radical (unpaired) electrons. The molecule has 3 heteroatoms. The number of rotatable bonds is 3. The van der Waals surface area contributed by atoms with Gasteiger partial charge in [0.2, 0.25) is 5.78 Å². The Kier molecular flexibility index (Phi) is 5.24. The number of benzene rings is 2. The summed E-state index contributed by atoms with van der Waals surface area (Å²) in [5.41, 5.74) is 1.33. The van der Waals surface area contributed by atoms with Crippen LogP contribution in [-0.4, -0.2) is 20.0 Å². The minimum Gasteiger partial charge on any atom is -0.497 e. The van der Waals surface area contributed by atoms with E-state index in [1.165, 1.54) is 0 Å². The van der Waals surface area contributed by atoms with Crippen LogP contribution < -0.4 is 9.47 Å². The molecule has 0 N–H and O–H groups in total. The predicted molar refractivity (Wildman–Crippen MR) is 85.0 cm³/mol. The Balaban J connectivity index is 2.03. The molecule has 2 aromatic rings. The summed E-state index contributed by atoms with van der Waals surface area (Å²) in [7, 11) is 3.18. The molecule has 2 aromatic carbocycles. The number of Topliss-reactive ketones (excluding diaryl/α,β-unsaturated/α-hetero) is 1. The Morgan fingerprint density at radius 1 is 0.818 bits per heavy atom. The summed E-state index contributed by atoms with van der Waals surface area (Å²) in [5, 5.41) is 0. The normalized spacial score (nSPS) is 8.82. The molecule has 0 aliphatic carbocycles. The zero-order chi connectivity index (χ0) is 15.8. The third-order valence-corrected chi connectivity index (χ3v) is 2.89. The first-order valence-corrected chi connectivity index (χ1v) is 6.57. The van der Waals surface area contributed by atoms with Gasteiger partial charge in [0, 0.05) is 11.1 Å². The van der Waals surface area contributed by atoms with Gasteiger partial charge in [-0.25, -0.2) is 0 Å². The van der Waals surface area contributed by atoms with Crippen LogP contribution in [0.3, 0.4) is 0 Å². The minimum atomic E-state index is -0.272. The highest BCUT2D eigenvalue weighted by Gasteiger charge is 2.01. The molecule has 0 bridgehead atoms. The van der Waals surface area contributed by atoms with E-state index in [0.717, 1.165) is 11.3 Å². The van der Waals surface area contributed by atoms with Crippen LogP contribution in [0.25, 0.3) is 0 Å². The fourth-order valence-corrected chi connectivity index (χ4v) is 1.68. The summed E-state index contributed by atoms with van der Waals surface area (Å²) in [6.07, 6.45) is 0. The SMILES string of the molecule is COc1ccc(C#CC#CC(=O)c2ccc(OC)cc2)cc1. The van der Waals surface area contributed by atoms with Crippen molar-refractivity contribution >= 4 is 5.78 Å². The minimum absolute atomic E-state index is 0.272. The first kappa shape index (κ1) is 15.2. The second kappa shape index (κ2) is 7.57. The lowest BCUT2D eigenvalue weighted by molar-refractivity contribution is 0.105. The third-order valence-electron chi connectivity index (χ3n) is 2.89.